The van der Waals surface area contributed by atoms with Gasteiger partial charge in [-0.2, -0.15) is 5.26 Å². The second kappa shape index (κ2) is 7.62. The third-order valence-electron chi connectivity index (χ3n) is 3.13. The molecule has 0 fully saturated rings. The summed E-state index contributed by atoms with van der Waals surface area (Å²) in [5.74, 6) is 0.988. The van der Waals surface area contributed by atoms with Gasteiger partial charge in [-0.25, -0.2) is 0 Å². The van der Waals surface area contributed by atoms with Crippen molar-refractivity contribution in [2.24, 2.45) is 0 Å². The maximum absolute atomic E-state index is 11.7. The highest BCUT2D eigenvalue weighted by Gasteiger charge is 2.11. The first-order valence-electron chi connectivity index (χ1n) is 6.57. The molecule has 22 heavy (non-hydrogen) atoms. The molecule has 0 atom stereocenters. The van der Waals surface area contributed by atoms with Crippen molar-refractivity contribution in [2.75, 3.05) is 12.4 Å². The summed E-state index contributed by atoms with van der Waals surface area (Å²) in [5.41, 5.74) is 1.93. The van der Waals surface area contributed by atoms with Crippen molar-refractivity contribution in [1.29, 1.82) is 5.26 Å². The van der Waals surface area contributed by atoms with Gasteiger partial charge < -0.3 is 9.47 Å². The lowest BCUT2D eigenvalue weighted by molar-refractivity contribution is 0.102. The zero-order valence-electron chi connectivity index (χ0n) is 12.0. The lowest BCUT2D eigenvalue weighted by Crippen LogP contribution is -2.03. The second-order valence-corrected chi connectivity index (χ2v) is 5.04. The fourth-order valence-corrected chi connectivity index (χ4v) is 2.27. The molecule has 0 saturated carbocycles. The second-order valence-electron chi connectivity index (χ2n) is 4.48. The normalized spacial score (nSPS) is 9.86. The van der Waals surface area contributed by atoms with Crippen molar-refractivity contribution < 1.29 is 14.3 Å². The molecule has 0 amide bonds. The van der Waals surface area contributed by atoms with E-state index in [1.807, 2.05) is 18.2 Å². The van der Waals surface area contributed by atoms with Crippen LogP contribution in [0.25, 0.3) is 0 Å². The van der Waals surface area contributed by atoms with Gasteiger partial charge in [-0.3, -0.25) is 4.79 Å². The summed E-state index contributed by atoms with van der Waals surface area (Å²) in [4.78, 5) is 11.7. The highest BCUT2D eigenvalue weighted by Crippen LogP contribution is 2.29. The largest absolute Gasteiger partial charge is 0.493 e. The summed E-state index contributed by atoms with van der Waals surface area (Å²) >= 11 is 3.14. The number of alkyl halides is 1. The Balaban J connectivity index is 2.19. The Bertz CT molecular complexity index is 722. The Morgan fingerprint density at radius 3 is 2.68 bits per heavy atom. The summed E-state index contributed by atoms with van der Waals surface area (Å²) in [5, 5.41) is 9.32. The number of nitriles is 1. The van der Waals surface area contributed by atoms with Crippen LogP contribution in [0.5, 0.6) is 11.5 Å². The van der Waals surface area contributed by atoms with Crippen LogP contribution in [0.4, 0.5) is 0 Å². The van der Waals surface area contributed by atoms with Crippen LogP contribution >= 0.6 is 15.9 Å². The SMILES string of the molecule is COc1cc(C(=O)CBr)ccc1OCc1ccccc1C#N. The smallest absolute Gasteiger partial charge is 0.173 e. The van der Waals surface area contributed by atoms with E-state index in [1.165, 1.54) is 7.11 Å². The molecule has 2 rings (SSSR count). The van der Waals surface area contributed by atoms with Crippen molar-refractivity contribution in [2.45, 2.75) is 6.61 Å². The summed E-state index contributed by atoms with van der Waals surface area (Å²) in [7, 11) is 1.52. The van der Waals surface area contributed by atoms with Crippen LogP contribution in [0, 0.1) is 11.3 Å². The molecular formula is C17H14BrNO3. The Morgan fingerprint density at radius 2 is 2.00 bits per heavy atom. The number of ether oxygens (including phenoxy) is 2. The molecule has 0 aliphatic heterocycles. The average Bonchev–Trinajstić information content (AvgIpc) is 2.59. The molecule has 0 N–H and O–H groups in total. The van der Waals surface area contributed by atoms with Gasteiger partial charge in [-0.05, 0) is 24.3 Å². The van der Waals surface area contributed by atoms with E-state index < -0.39 is 0 Å². The monoisotopic (exact) mass is 359 g/mol. The maximum atomic E-state index is 11.7. The van der Waals surface area contributed by atoms with Crippen molar-refractivity contribution in [1.82, 2.24) is 0 Å². The summed E-state index contributed by atoms with van der Waals surface area (Å²) in [6.07, 6.45) is 0. The van der Waals surface area contributed by atoms with Crippen molar-refractivity contribution in [3.8, 4) is 17.6 Å². The predicted molar refractivity (Wildman–Crippen MR) is 86.6 cm³/mol. The van der Waals surface area contributed by atoms with Gasteiger partial charge in [0.05, 0.1) is 24.1 Å². The number of hydrogen-bond donors (Lipinski definition) is 0. The zero-order chi connectivity index (χ0) is 15.9. The topological polar surface area (TPSA) is 59.3 Å². The highest BCUT2D eigenvalue weighted by atomic mass is 79.9. The number of methoxy groups -OCH3 is 1. The Labute approximate surface area is 137 Å². The van der Waals surface area contributed by atoms with E-state index in [9.17, 15) is 4.79 Å². The van der Waals surface area contributed by atoms with Gasteiger partial charge in [-0.1, -0.05) is 34.1 Å². The Kier molecular flexibility index (Phi) is 5.56. The quantitative estimate of drug-likeness (QED) is 0.582. The fraction of sp³-hybridized carbons (Fsp3) is 0.176. The fourth-order valence-electron chi connectivity index (χ4n) is 1.95. The van der Waals surface area contributed by atoms with Gasteiger partial charge in [0.1, 0.15) is 6.61 Å². The van der Waals surface area contributed by atoms with Gasteiger partial charge in [-0.15, -0.1) is 0 Å². The molecule has 0 aliphatic rings. The summed E-state index contributed by atoms with van der Waals surface area (Å²) in [6.45, 7) is 0.256. The summed E-state index contributed by atoms with van der Waals surface area (Å²) in [6, 6.07) is 14.4. The third-order valence-corrected chi connectivity index (χ3v) is 3.64. The van der Waals surface area contributed by atoms with Crippen molar-refractivity contribution >= 4 is 21.7 Å². The van der Waals surface area contributed by atoms with E-state index in [1.54, 1.807) is 24.3 Å². The molecule has 112 valence electrons. The first-order chi connectivity index (χ1) is 10.7. The minimum Gasteiger partial charge on any atom is -0.493 e. The van der Waals surface area contributed by atoms with Gasteiger partial charge in [0.2, 0.25) is 0 Å². The minimum absolute atomic E-state index is 0.0281. The first-order valence-corrected chi connectivity index (χ1v) is 7.69. The van der Waals surface area contributed by atoms with Crippen LogP contribution in [0.15, 0.2) is 42.5 Å². The number of hydrogen-bond acceptors (Lipinski definition) is 4. The predicted octanol–water partition coefficient (Wildman–Crippen LogP) is 3.72. The van der Waals surface area contributed by atoms with Crippen LogP contribution in [0.2, 0.25) is 0 Å². The Hall–Kier alpha value is -2.32. The molecule has 0 spiro atoms. The molecular weight excluding hydrogens is 346 g/mol. The first kappa shape index (κ1) is 16.1. The van der Waals surface area contributed by atoms with Crippen molar-refractivity contribution in [3.05, 3.63) is 59.2 Å². The number of Topliss-reactive ketones (excluding diaryl/α,β-unsaturated/α-hetero) is 1. The van der Waals surface area contributed by atoms with E-state index in [4.69, 9.17) is 14.7 Å². The van der Waals surface area contributed by atoms with Gasteiger partial charge >= 0.3 is 0 Å². The standard InChI is InChI=1S/C17H14BrNO3/c1-21-17-8-12(15(20)9-18)6-7-16(17)22-11-14-5-3-2-4-13(14)10-19/h2-8H,9,11H2,1H3. The molecule has 0 aliphatic carbocycles. The number of carbonyl (C=O) groups excluding carboxylic acids is 1. The van der Waals surface area contributed by atoms with Gasteiger partial charge in [0, 0.05) is 11.1 Å². The van der Waals surface area contributed by atoms with Crippen LogP contribution in [-0.2, 0) is 6.61 Å². The molecule has 2 aromatic rings. The summed E-state index contributed by atoms with van der Waals surface area (Å²) < 4.78 is 11.0. The lowest BCUT2D eigenvalue weighted by Gasteiger charge is -2.12. The molecule has 0 bridgehead atoms. The van der Waals surface area contributed by atoms with Crippen LogP contribution in [-0.4, -0.2) is 18.2 Å². The minimum atomic E-state index is -0.0281. The zero-order valence-corrected chi connectivity index (χ0v) is 13.6. The Morgan fingerprint density at radius 1 is 1.23 bits per heavy atom. The third kappa shape index (κ3) is 3.66. The van der Waals surface area contributed by atoms with Gasteiger partial charge in [0.15, 0.2) is 17.3 Å². The number of benzene rings is 2. The van der Waals surface area contributed by atoms with Crippen LogP contribution < -0.4 is 9.47 Å². The molecule has 0 saturated heterocycles. The molecule has 0 aromatic heterocycles. The lowest BCUT2D eigenvalue weighted by atomic mass is 10.1. The van der Waals surface area contributed by atoms with Crippen LogP contribution in [0.3, 0.4) is 0 Å². The van der Waals surface area contributed by atoms with E-state index in [0.717, 1.165) is 5.56 Å². The van der Waals surface area contributed by atoms with E-state index in [2.05, 4.69) is 22.0 Å². The van der Waals surface area contributed by atoms with E-state index >= 15 is 0 Å². The number of rotatable bonds is 6. The maximum Gasteiger partial charge on any atom is 0.173 e. The van der Waals surface area contributed by atoms with E-state index in [0.29, 0.717) is 22.6 Å². The molecule has 0 unspecified atom stereocenters. The number of ketones is 1. The highest BCUT2D eigenvalue weighted by molar-refractivity contribution is 9.09. The molecule has 4 nitrogen and oxygen atoms in total. The van der Waals surface area contributed by atoms with Crippen molar-refractivity contribution in [3.63, 3.8) is 0 Å². The van der Waals surface area contributed by atoms with Gasteiger partial charge in [0.25, 0.3) is 0 Å². The number of halogens is 1. The van der Waals surface area contributed by atoms with E-state index in [-0.39, 0.29) is 17.7 Å². The average molecular weight is 360 g/mol. The molecule has 0 heterocycles. The van der Waals surface area contributed by atoms with Crippen LogP contribution in [0.1, 0.15) is 21.5 Å². The molecule has 2 aromatic carbocycles. The number of nitrogens with zero attached hydrogens (tertiary/aromatic N) is 1. The molecule has 0 radical (unpaired) electrons. The number of carbonyl (C=O) groups is 1. The molecule has 5 heteroatoms.